The second-order valence-corrected chi connectivity index (χ2v) is 7.01. The Balaban J connectivity index is 1.70. The summed E-state index contributed by atoms with van der Waals surface area (Å²) in [5, 5.41) is 0. The van der Waals surface area contributed by atoms with Gasteiger partial charge in [-0.25, -0.2) is 15.0 Å². The number of rotatable bonds is 5. The van der Waals surface area contributed by atoms with Crippen LogP contribution in [0.4, 0.5) is 5.69 Å². The average Bonchev–Trinajstić information content (AvgIpc) is 2.85. The lowest BCUT2D eigenvalue weighted by Crippen LogP contribution is -2.21. The molecule has 0 bridgehead atoms. The molecule has 0 atom stereocenters. The molecule has 0 saturated carbocycles. The van der Waals surface area contributed by atoms with Gasteiger partial charge in [-0.3, -0.25) is 0 Å². The smallest absolute Gasteiger partial charge is 0.209 e. The minimum atomic E-state index is 0.459. The molecule has 4 rings (SSSR count). The molecule has 1 heterocycles. The van der Waals surface area contributed by atoms with Crippen LogP contribution in [0.5, 0.6) is 0 Å². The Kier molecular flexibility index (Phi) is 6.35. The van der Waals surface area contributed by atoms with Crippen molar-refractivity contribution in [1.29, 1.82) is 0 Å². The Morgan fingerprint density at radius 2 is 1.13 bits per heavy atom. The molecular formula is C27H24N4. The molecule has 0 radical (unpaired) electrons. The minimum absolute atomic E-state index is 0.459. The third-order valence-electron chi connectivity index (χ3n) is 5.01. The zero-order chi connectivity index (χ0) is 21.5. The Morgan fingerprint density at radius 1 is 0.613 bits per heavy atom. The molecule has 4 aromatic rings. The molecular weight excluding hydrogens is 380 g/mol. The van der Waals surface area contributed by atoms with Crippen LogP contribution in [0, 0.1) is 11.8 Å². The summed E-state index contributed by atoms with van der Waals surface area (Å²) < 4.78 is 0. The first-order valence-electron chi connectivity index (χ1n) is 10.5. The van der Waals surface area contributed by atoms with Crippen LogP contribution in [0.2, 0.25) is 0 Å². The Labute approximate surface area is 183 Å². The highest BCUT2D eigenvalue weighted by Crippen LogP contribution is 2.20. The molecule has 152 valence electrons. The van der Waals surface area contributed by atoms with Crippen LogP contribution in [0.3, 0.4) is 0 Å². The molecule has 0 N–H and O–H groups in total. The molecule has 0 aliphatic carbocycles. The highest BCUT2D eigenvalue weighted by atomic mass is 15.1. The Bertz CT molecular complexity index is 1130. The van der Waals surface area contributed by atoms with Crippen molar-refractivity contribution in [2.75, 3.05) is 18.0 Å². The summed E-state index contributed by atoms with van der Waals surface area (Å²) in [5.74, 6) is 8.03. The van der Waals surface area contributed by atoms with E-state index in [0.29, 0.717) is 17.5 Å². The van der Waals surface area contributed by atoms with Crippen molar-refractivity contribution >= 4 is 5.69 Å². The predicted molar refractivity (Wildman–Crippen MR) is 127 cm³/mol. The third kappa shape index (κ3) is 4.96. The van der Waals surface area contributed by atoms with E-state index < -0.39 is 0 Å². The van der Waals surface area contributed by atoms with E-state index in [-0.39, 0.29) is 0 Å². The van der Waals surface area contributed by atoms with Crippen molar-refractivity contribution in [3.63, 3.8) is 0 Å². The highest BCUT2D eigenvalue weighted by molar-refractivity contribution is 5.61. The number of anilines is 1. The summed E-state index contributed by atoms with van der Waals surface area (Å²) in [7, 11) is 0. The fourth-order valence-electron chi connectivity index (χ4n) is 3.34. The highest BCUT2D eigenvalue weighted by Gasteiger charge is 2.09. The van der Waals surface area contributed by atoms with Gasteiger partial charge in [-0.1, -0.05) is 66.6 Å². The van der Waals surface area contributed by atoms with Crippen LogP contribution in [0.15, 0.2) is 84.9 Å². The zero-order valence-electron chi connectivity index (χ0n) is 17.8. The Hall–Kier alpha value is -3.97. The van der Waals surface area contributed by atoms with Crippen molar-refractivity contribution in [2.24, 2.45) is 0 Å². The maximum absolute atomic E-state index is 4.68. The van der Waals surface area contributed by atoms with Gasteiger partial charge in [-0.05, 0) is 44.0 Å². The molecule has 0 amide bonds. The predicted octanol–water partition coefficient (Wildman–Crippen LogP) is 5.45. The molecule has 0 saturated heterocycles. The van der Waals surface area contributed by atoms with Gasteiger partial charge < -0.3 is 4.90 Å². The van der Waals surface area contributed by atoms with Gasteiger partial charge in [0, 0.05) is 35.5 Å². The first-order valence-corrected chi connectivity index (χ1v) is 10.5. The summed E-state index contributed by atoms with van der Waals surface area (Å²) in [4.78, 5) is 16.2. The maximum atomic E-state index is 4.68. The van der Waals surface area contributed by atoms with Crippen LogP contribution in [0.1, 0.15) is 25.2 Å². The largest absolute Gasteiger partial charge is 0.372 e. The van der Waals surface area contributed by atoms with E-state index in [9.17, 15) is 0 Å². The molecule has 31 heavy (non-hydrogen) atoms. The lowest BCUT2D eigenvalue weighted by molar-refractivity contribution is 0.866. The van der Waals surface area contributed by atoms with Gasteiger partial charge in [0.25, 0.3) is 0 Å². The van der Waals surface area contributed by atoms with E-state index in [0.717, 1.165) is 29.8 Å². The summed E-state index contributed by atoms with van der Waals surface area (Å²) in [6.07, 6.45) is 0. The zero-order valence-corrected chi connectivity index (χ0v) is 17.8. The number of hydrogen-bond acceptors (Lipinski definition) is 4. The first kappa shape index (κ1) is 20.3. The van der Waals surface area contributed by atoms with Crippen molar-refractivity contribution in [2.45, 2.75) is 13.8 Å². The summed E-state index contributed by atoms with van der Waals surface area (Å²) in [5.41, 5.74) is 4.01. The normalized spacial score (nSPS) is 10.3. The fourth-order valence-corrected chi connectivity index (χ4v) is 3.34. The number of nitrogens with zero attached hydrogens (tertiary/aromatic N) is 4. The lowest BCUT2D eigenvalue weighted by Gasteiger charge is -2.20. The number of aromatic nitrogens is 3. The monoisotopic (exact) mass is 404 g/mol. The molecule has 4 heteroatoms. The number of hydrogen-bond donors (Lipinski definition) is 0. The van der Waals surface area contributed by atoms with Gasteiger partial charge in [0.15, 0.2) is 11.6 Å². The van der Waals surface area contributed by atoms with Crippen molar-refractivity contribution < 1.29 is 0 Å². The van der Waals surface area contributed by atoms with Crippen LogP contribution in [0.25, 0.3) is 22.8 Å². The third-order valence-corrected chi connectivity index (χ3v) is 5.01. The molecule has 0 unspecified atom stereocenters. The van der Waals surface area contributed by atoms with Gasteiger partial charge in [-0.15, -0.1) is 0 Å². The molecule has 0 aliphatic rings. The van der Waals surface area contributed by atoms with Gasteiger partial charge in [0.1, 0.15) is 0 Å². The van der Waals surface area contributed by atoms with Crippen LogP contribution >= 0.6 is 0 Å². The maximum Gasteiger partial charge on any atom is 0.209 e. The second-order valence-electron chi connectivity index (χ2n) is 7.01. The average molecular weight is 405 g/mol. The Morgan fingerprint density at radius 3 is 1.61 bits per heavy atom. The van der Waals surface area contributed by atoms with Crippen molar-refractivity contribution in [1.82, 2.24) is 15.0 Å². The topological polar surface area (TPSA) is 41.9 Å². The van der Waals surface area contributed by atoms with Gasteiger partial charge in [0.05, 0.1) is 0 Å². The molecule has 0 aliphatic heterocycles. The molecule has 4 nitrogen and oxygen atoms in total. The van der Waals surface area contributed by atoms with E-state index in [1.54, 1.807) is 0 Å². The van der Waals surface area contributed by atoms with Crippen molar-refractivity contribution in [3.8, 4) is 34.6 Å². The van der Waals surface area contributed by atoms with E-state index in [4.69, 9.17) is 0 Å². The van der Waals surface area contributed by atoms with Gasteiger partial charge >= 0.3 is 0 Å². The van der Waals surface area contributed by atoms with Crippen LogP contribution in [-0.4, -0.2) is 28.0 Å². The quantitative estimate of drug-likeness (QED) is 0.415. The minimum Gasteiger partial charge on any atom is -0.372 e. The number of benzene rings is 3. The van der Waals surface area contributed by atoms with E-state index >= 15 is 0 Å². The van der Waals surface area contributed by atoms with Gasteiger partial charge in [-0.2, -0.15) is 0 Å². The van der Waals surface area contributed by atoms with Crippen LogP contribution < -0.4 is 4.90 Å². The van der Waals surface area contributed by atoms with Crippen LogP contribution in [-0.2, 0) is 0 Å². The van der Waals surface area contributed by atoms with E-state index in [1.807, 2.05) is 72.8 Å². The van der Waals surface area contributed by atoms with Gasteiger partial charge in [0.2, 0.25) is 5.82 Å². The summed E-state index contributed by atoms with van der Waals surface area (Å²) in [6, 6.07) is 28.1. The SMILES string of the molecule is CCN(CC)c1ccc(C#Cc2nc(-c3ccccc3)nc(-c3ccccc3)n2)cc1. The first-order chi connectivity index (χ1) is 15.3. The molecule has 0 fully saturated rings. The molecule has 3 aromatic carbocycles. The summed E-state index contributed by atoms with van der Waals surface area (Å²) in [6.45, 7) is 6.28. The van der Waals surface area contributed by atoms with Crippen molar-refractivity contribution in [3.05, 3.63) is 96.3 Å². The lowest BCUT2D eigenvalue weighted by atomic mass is 10.2. The molecule has 1 aromatic heterocycles. The standard InChI is InChI=1S/C27H24N4/c1-3-31(4-2)24-18-15-21(16-19-24)17-20-25-28-26(22-11-7-5-8-12-22)30-27(29-25)23-13-9-6-10-14-23/h5-16,18-19H,3-4H2,1-2H3. The van der Waals surface area contributed by atoms with E-state index in [1.165, 1.54) is 5.69 Å². The summed E-state index contributed by atoms with van der Waals surface area (Å²) >= 11 is 0. The fraction of sp³-hybridized carbons (Fsp3) is 0.148. The van der Waals surface area contributed by atoms with E-state index in [2.05, 4.69) is 57.7 Å². The second kappa shape index (κ2) is 9.69. The molecule has 0 spiro atoms.